The lowest BCUT2D eigenvalue weighted by molar-refractivity contribution is -0.140. The van der Waals surface area contributed by atoms with Crippen molar-refractivity contribution in [3.05, 3.63) is 90.0 Å². The van der Waals surface area contributed by atoms with Crippen LogP contribution < -0.4 is 14.4 Å². The van der Waals surface area contributed by atoms with Crippen molar-refractivity contribution in [2.75, 3.05) is 24.5 Å². The number of hydrogen-bond acceptors (Lipinski definition) is 5. The summed E-state index contributed by atoms with van der Waals surface area (Å²) in [6.07, 6.45) is 1.88. The number of unbranched alkanes of at least 4 members (excludes halogenated alkanes) is 1. The van der Waals surface area contributed by atoms with Gasteiger partial charge in [0.2, 0.25) is 11.8 Å². The van der Waals surface area contributed by atoms with Crippen molar-refractivity contribution in [3.8, 4) is 5.75 Å². The first-order chi connectivity index (χ1) is 19.6. The number of ether oxygens (including phenoxy) is 1. The topological polar surface area (TPSA) is 96.0 Å². The molecule has 0 aliphatic heterocycles. The van der Waals surface area contributed by atoms with Crippen LogP contribution in [-0.2, 0) is 26.2 Å². The van der Waals surface area contributed by atoms with Crippen molar-refractivity contribution in [1.82, 2.24) is 10.2 Å². The number of rotatable bonds is 14. The number of halogens is 2. The van der Waals surface area contributed by atoms with E-state index >= 15 is 0 Å². The average Bonchev–Trinajstić information content (AvgIpc) is 2.97. The number of nitrogens with zero attached hydrogens (tertiary/aromatic N) is 2. The van der Waals surface area contributed by atoms with Gasteiger partial charge in [0.15, 0.2) is 0 Å². The smallest absolute Gasteiger partial charge is 0.264 e. The van der Waals surface area contributed by atoms with Crippen LogP contribution in [0.5, 0.6) is 5.75 Å². The van der Waals surface area contributed by atoms with Crippen LogP contribution in [0.15, 0.2) is 77.7 Å². The third-order valence-electron chi connectivity index (χ3n) is 6.52. The molecule has 3 aromatic carbocycles. The average molecular weight is 588 g/mol. The van der Waals surface area contributed by atoms with Gasteiger partial charge in [0.05, 0.1) is 17.7 Å². The van der Waals surface area contributed by atoms with Gasteiger partial charge in [-0.05, 0) is 79.1 Å². The van der Waals surface area contributed by atoms with Crippen LogP contribution in [0.2, 0.25) is 0 Å². The Bertz CT molecular complexity index is 1400. The third-order valence-corrected chi connectivity index (χ3v) is 8.31. The second-order valence-corrected chi connectivity index (χ2v) is 11.2. The summed E-state index contributed by atoms with van der Waals surface area (Å²) in [6.45, 7) is 3.44. The van der Waals surface area contributed by atoms with Crippen molar-refractivity contribution in [1.29, 1.82) is 0 Å². The molecule has 1 N–H and O–H groups in total. The Morgan fingerprint density at radius 3 is 2.02 bits per heavy atom. The van der Waals surface area contributed by atoms with Crippen molar-refractivity contribution < 1.29 is 31.5 Å². The number of methoxy groups -OCH3 is 1. The second kappa shape index (κ2) is 14.6. The molecule has 3 aromatic rings. The van der Waals surface area contributed by atoms with Crippen LogP contribution in [0.4, 0.5) is 14.5 Å². The van der Waals surface area contributed by atoms with E-state index < -0.39 is 40.2 Å². The van der Waals surface area contributed by atoms with Gasteiger partial charge in [-0.1, -0.05) is 32.4 Å². The fraction of sp³-hybridized carbons (Fsp3) is 0.333. The van der Waals surface area contributed by atoms with E-state index in [9.17, 15) is 26.8 Å². The Morgan fingerprint density at radius 2 is 1.49 bits per heavy atom. The zero-order valence-corrected chi connectivity index (χ0v) is 24.2. The summed E-state index contributed by atoms with van der Waals surface area (Å²) in [5, 5.41) is 2.84. The van der Waals surface area contributed by atoms with Gasteiger partial charge in [-0.25, -0.2) is 17.2 Å². The fourth-order valence-corrected chi connectivity index (χ4v) is 5.64. The monoisotopic (exact) mass is 587 g/mol. The largest absolute Gasteiger partial charge is 0.497 e. The summed E-state index contributed by atoms with van der Waals surface area (Å²) in [6, 6.07) is 15.0. The molecule has 1 atom stereocenters. The molecule has 0 aromatic heterocycles. The second-order valence-electron chi connectivity index (χ2n) is 9.38. The molecule has 0 radical (unpaired) electrons. The van der Waals surface area contributed by atoms with Crippen molar-refractivity contribution in [3.63, 3.8) is 0 Å². The summed E-state index contributed by atoms with van der Waals surface area (Å²) < 4.78 is 61.0. The van der Waals surface area contributed by atoms with Crippen molar-refractivity contribution >= 4 is 27.5 Å². The molecule has 0 fully saturated rings. The van der Waals surface area contributed by atoms with E-state index in [4.69, 9.17) is 4.74 Å². The number of nitrogens with one attached hydrogen (secondary N) is 1. The summed E-state index contributed by atoms with van der Waals surface area (Å²) in [7, 11) is -2.86. The lowest BCUT2D eigenvalue weighted by Crippen LogP contribution is -2.52. The third kappa shape index (κ3) is 8.26. The molecule has 0 bridgehead atoms. The van der Waals surface area contributed by atoms with E-state index in [1.165, 1.54) is 72.7 Å². The first kappa shape index (κ1) is 31.5. The maximum atomic E-state index is 14.0. The zero-order valence-electron chi connectivity index (χ0n) is 23.3. The van der Waals surface area contributed by atoms with E-state index in [0.29, 0.717) is 17.9 Å². The maximum absolute atomic E-state index is 14.0. The molecule has 0 spiro atoms. The Morgan fingerprint density at radius 1 is 0.902 bits per heavy atom. The molecule has 41 heavy (non-hydrogen) atoms. The molecule has 2 amide bonds. The van der Waals surface area contributed by atoms with E-state index in [1.54, 1.807) is 6.92 Å². The first-order valence-electron chi connectivity index (χ1n) is 13.3. The number of carbonyl (C=O) groups is 2. The van der Waals surface area contributed by atoms with Gasteiger partial charge < -0.3 is 15.0 Å². The number of amides is 2. The fourth-order valence-electron chi connectivity index (χ4n) is 4.22. The van der Waals surface area contributed by atoms with Crippen molar-refractivity contribution in [2.45, 2.75) is 50.6 Å². The molecule has 3 rings (SSSR count). The Balaban J connectivity index is 2.02. The Hall–Kier alpha value is -3.99. The molecular formula is C30H35F2N3O5S. The van der Waals surface area contributed by atoms with Gasteiger partial charge in [-0.2, -0.15) is 0 Å². The molecule has 220 valence electrons. The molecule has 0 saturated heterocycles. The molecule has 0 aliphatic rings. The highest BCUT2D eigenvalue weighted by atomic mass is 32.2. The van der Waals surface area contributed by atoms with E-state index in [0.717, 1.165) is 29.3 Å². The van der Waals surface area contributed by atoms with E-state index in [2.05, 4.69) is 5.32 Å². The highest BCUT2D eigenvalue weighted by Gasteiger charge is 2.33. The Kier molecular flexibility index (Phi) is 11.2. The Labute approximate surface area is 240 Å². The van der Waals surface area contributed by atoms with Gasteiger partial charge in [0, 0.05) is 13.1 Å². The molecular weight excluding hydrogens is 552 g/mol. The predicted octanol–water partition coefficient (Wildman–Crippen LogP) is 4.89. The minimum absolute atomic E-state index is 0.0569. The van der Waals surface area contributed by atoms with Gasteiger partial charge in [0.25, 0.3) is 10.0 Å². The van der Waals surface area contributed by atoms with Crippen molar-refractivity contribution in [2.24, 2.45) is 0 Å². The summed E-state index contributed by atoms with van der Waals surface area (Å²) in [5.41, 5.74) is 0.628. The quantitative estimate of drug-likeness (QED) is 0.271. The SMILES string of the molecule is CCCCNC(=O)C(CC)N(Cc1ccc(F)cc1)C(=O)CN(c1ccc(F)cc1)S(=O)(=O)c1ccc(OC)cc1. The van der Waals surface area contributed by atoms with Crippen LogP contribution in [0.3, 0.4) is 0 Å². The maximum Gasteiger partial charge on any atom is 0.264 e. The van der Waals surface area contributed by atoms with Gasteiger partial charge in [0.1, 0.15) is 30.0 Å². The minimum atomic E-state index is -4.31. The standard InChI is InChI=1S/C30H35F2N3O5S/c1-4-6-19-33-30(37)28(5-2)34(20-22-7-9-23(31)10-8-22)29(36)21-35(25-13-11-24(32)12-14-25)41(38,39)27-17-15-26(40-3)16-18-27/h7-18,28H,4-6,19-21H2,1-3H3,(H,33,37). The highest BCUT2D eigenvalue weighted by molar-refractivity contribution is 7.92. The zero-order chi connectivity index (χ0) is 30.0. The highest BCUT2D eigenvalue weighted by Crippen LogP contribution is 2.26. The summed E-state index contributed by atoms with van der Waals surface area (Å²) in [5.74, 6) is -1.62. The summed E-state index contributed by atoms with van der Waals surface area (Å²) >= 11 is 0. The van der Waals surface area contributed by atoms with Crippen LogP contribution in [-0.4, -0.2) is 51.4 Å². The summed E-state index contributed by atoms with van der Waals surface area (Å²) in [4.78, 5) is 28.3. The lowest BCUT2D eigenvalue weighted by Gasteiger charge is -2.33. The lowest BCUT2D eigenvalue weighted by atomic mass is 10.1. The van der Waals surface area contributed by atoms with Gasteiger partial charge in [-0.3, -0.25) is 13.9 Å². The number of hydrogen-bond donors (Lipinski definition) is 1. The minimum Gasteiger partial charge on any atom is -0.497 e. The van der Waals surface area contributed by atoms with Crippen LogP contribution >= 0.6 is 0 Å². The number of anilines is 1. The molecule has 11 heteroatoms. The van der Waals surface area contributed by atoms with Crippen LogP contribution in [0.1, 0.15) is 38.7 Å². The molecule has 0 aliphatic carbocycles. The molecule has 1 unspecified atom stereocenters. The van der Waals surface area contributed by atoms with Gasteiger partial charge >= 0.3 is 0 Å². The van der Waals surface area contributed by atoms with Crippen LogP contribution in [0, 0.1) is 11.6 Å². The number of benzene rings is 3. The normalized spacial score (nSPS) is 11.9. The molecule has 0 saturated carbocycles. The molecule has 0 heterocycles. The first-order valence-corrected chi connectivity index (χ1v) is 14.8. The van der Waals surface area contributed by atoms with Crippen LogP contribution in [0.25, 0.3) is 0 Å². The number of sulfonamides is 1. The molecule has 8 nitrogen and oxygen atoms in total. The van der Waals surface area contributed by atoms with Gasteiger partial charge in [-0.15, -0.1) is 0 Å². The predicted molar refractivity (Wildman–Crippen MR) is 153 cm³/mol. The van der Waals surface area contributed by atoms with E-state index in [1.807, 2.05) is 6.92 Å². The number of carbonyl (C=O) groups excluding carboxylic acids is 2. The van der Waals surface area contributed by atoms with E-state index in [-0.39, 0.29) is 29.5 Å².